The highest BCUT2D eigenvalue weighted by Crippen LogP contribution is 2.36. The Morgan fingerprint density at radius 3 is 2.84 bits per heavy atom. The SMILES string of the molecule is CN(C)S(=O)(=O)N1CCCOc2ccc([C@@H](O)CNCCOc3ccc4c5c([nH]c4c3)CCCC5)cc21. The Morgan fingerprint density at radius 2 is 2.00 bits per heavy atom. The lowest BCUT2D eigenvalue weighted by atomic mass is 9.96. The second-order valence-corrected chi connectivity index (χ2v) is 11.9. The number of aliphatic hydroxyl groups is 1. The first kappa shape index (κ1) is 25.8. The number of hydrogen-bond acceptors (Lipinski definition) is 6. The lowest BCUT2D eigenvalue weighted by Gasteiger charge is -2.27. The number of nitrogens with one attached hydrogen (secondary N) is 2. The van der Waals surface area contributed by atoms with E-state index in [2.05, 4.69) is 22.4 Å². The number of ether oxygens (including phenoxy) is 2. The molecule has 0 radical (unpaired) electrons. The number of fused-ring (bicyclic) bond motifs is 4. The molecule has 2 heterocycles. The zero-order valence-corrected chi connectivity index (χ0v) is 22.3. The zero-order valence-electron chi connectivity index (χ0n) is 21.5. The van der Waals surface area contributed by atoms with E-state index in [-0.39, 0.29) is 0 Å². The van der Waals surface area contributed by atoms with Gasteiger partial charge in [0.05, 0.1) is 18.4 Å². The van der Waals surface area contributed by atoms with Crippen LogP contribution in [0.3, 0.4) is 0 Å². The van der Waals surface area contributed by atoms with E-state index in [1.807, 2.05) is 6.07 Å². The molecule has 37 heavy (non-hydrogen) atoms. The molecule has 0 fully saturated rings. The molecule has 0 saturated heterocycles. The number of aliphatic hydroxyl groups excluding tert-OH is 1. The molecule has 3 N–H and O–H groups in total. The molecule has 5 rings (SSSR count). The summed E-state index contributed by atoms with van der Waals surface area (Å²) in [6.07, 6.45) is 4.53. The summed E-state index contributed by atoms with van der Waals surface area (Å²) in [5.41, 5.74) is 5.02. The van der Waals surface area contributed by atoms with Crippen LogP contribution >= 0.6 is 0 Å². The highest BCUT2D eigenvalue weighted by atomic mass is 32.2. The molecule has 0 bridgehead atoms. The summed E-state index contributed by atoms with van der Waals surface area (Å²) in [6, 6.07) is 11.4. The Morgan fingerprint density at radius 1 is 1.16 bits per heavy atom. The van der Waals surface area contributed by atoms with E-state index in [1.165, 1.54) is 52.2 Å². The van der Waals surface area contributed by atoms with Gasteiger partial charge in [-0.1, -0.05) is 6.07 Å². The average Bonchev–Trinajstić information content (AvgIpc) is 3.11. The van der Waals surface area contributed by atoms with Crippen LogP contribution in [0.2, 0.25) is 0 Å². The van der Waals surface area contributed by atoms with Gasteiger partial charge in [0.15, 0.2) is 0 Å². The summed E-state index contributed by atoms with van der Waals surface area (Å²) in [5, 5.41) is 15.3. The number of rotatable bonds is 9. The van der Waals surface area contributed by atoms with Crippen molar-refractivity contribution in [1.29, 1.82) is 0 Å². The summed E-state index contributed by atoms with van der Waals surface area (Å²) < 4.78 is 40.0. The lowest BCUT2D eigenvalue weighted by molar-refractivity contribution is 0.172. The quantitative estimate of drug-likeness (QED) is 0.369. The average molecular weight is 529 g/mol. The number of hydrogen-bond donors (Lipinski definition) is 3. The van der Waals surface area contributed by atoms with E-state index >= 15 is 0 Å². The molecule has 0 spiro atoms. The molecule has 2 aliphatic rings. The van der Waals surface area contributed by atoms with E-state index in [9.17, 15) is 13.5 Å². The molecular formula is C27H36N4O5S. The molecule has 1 aliphatic carbocycles. The second kappa shape index (κ2) is 10.9. The number of aromatic nitrogens is 1. The van der Waals surface area contributed by atoms with Crippen molar-refractivity contribution in [2.75, 3.05) is 51.2 Å². The predicted octanol–water partition coefficient (Wildman–Crippen LogP) is 3.14. The Kier molecular flexibility index (Phi) is 7.62. The number of benzene rings is 2. The first-order valence-corrected chi connectivity index (χ1v) is 14.4. The van der Waals surface area contributed by atoms with Crippen LogP contribution in [0, 0.1) is 0 Å². The van der Waals surface area contributed by atoms with Gasteiger partial charge < -0.3 is 24.9 Å². The van der Waals surface area contributed by atoms with Gasteiger partial charge in [-0.05, 0) is 61.1 Å². The van der Waals surface area contributed by atoms with Gasteiger partial charge in [0, 0.05) is 62.8 Å². The van der Waals surface area contributed by atoms with Crippen LogP contribution in [0.5, 0.6) is 11.5 Å². The van der Waals surface area contributed by atoms with Crippen molar-refractivity contribution >= 4 is 26.8 Å². The molecular weight excluding hydrogens is 492 g/mol. The normalized spacial score (nSPS) is 16.7. The van der Waals surface area contributed by atoms with Crippen molar-refractivity contribution in [3.8, 4) is 11.5 Å². The molecule has 1 atom stereocenters. The van der Waals surface area contributed by atoms with Crippen LogP contribution in [0.1, 0.15) is 42.2 Å². The van der Waals surface area contributed by atoms with Crippen LogP contribution < -0.4 is 19.1 Å². The van der Waals surface area contributed by atoms with E-state index in [0.29, 0.717) is 56.3 Å². The molecule has 0 amide bonds. The summed E-state index contributed by atoms with van der Waals surface area (Å²) in [7, 11) is -0.656. The number of H-pyrrole nitrogens is 1. The first-order valence-electron chi connectivity index (χ1n) is 13.0. The molecule has 1 aromatic heterocycles. The van der Waals surface area contributed by atoms with Crippen molar-refractivity contribution in [2.45, 2.75) is 38.2 Å². The van der Waals surface area contributed by atoms with Gasteiger partial charge in [-0.3, -0.25) is 4.31 Å². The van der Waals surface area contributed by atoms with E-state index in [1.54, 1.807) is 18.2 Å². The molecule has 3 aromatic rings. The topological polar surface area (TPSA) is 107 Å². The van der Waals surface area contributed by atoms with Crippen LogP contribution in [0.4, 0.5) is 5.69 Å². The maximum absolute atomic E-state index is 12.9. The van der Waals surface area contributed by atoms with Crippen LogP contribution in [0.15, 0.2) is 36.4 Å². The van der Waals surface area contributed by atoms with Gasteiger partial charge in [-0.25, -0.2) is 0 Å². The minimum absolute atomic E-state index is 0.311. The molecule has 0 saturated carbocycles. The number of aryl methyl sites for hydroxylation is 2. The minimum Gasteiger partial charge on any atom is -0.492 e. The fraction of sp³-hybridized carbons (Fsp3) is 0.481. The van der Waals surface area contributed by atoms with Crippen molar-refractivity contribution in [3.63, 3.8) is 0 Å². The smallest absolute Gasteiger partial charge is 0.303 e. The maximum Gasteiger partial charge on any atom is 0.303 e. The predicted molar refractivity (Wildman–Crippen MR) is 145 cm³/mol. The maximum atomic E-state index is 12.9. The minimum atomic E-state index is -3.67. The molecule has 1 aliphatic heterocycles. The van der Waals surface area contributed by atoms with Crippen molar-refractivity contribution in [3.05, 3.63) is 53.2 Å². The van der Waals surface area contributed by atoms with E-state index in [0.717, 1.165) is 24.1 Å². The third-order valence-corrected chi connectivity index (χ3v) is 8.95. The van der Waals surface area contributed by atoms with Gasteiger partial charge in [-0.15, -0.1) is 0 Å². The molecule has 2 aromatic carbocycles. The highest BCUT2D eigenvalue weighted by Gasteiger charge is 2.29. The van der Waals surface area contributed by atoms with Crippen molar-refractivity contribution in [2.24, 2.45) is 0 Å². The molecule has 200 valence electrons. The second-order valence-electron chi connectivity index (χ2n) is 9.86. The van der Waals surface area contributed by atoms with E-state index in [4.69, 9.17) is 9.47 Å². The Hall–Kier alpha value is -2.79. The number of anilines is 1. The Labute approximate surface area is 218 Å². The van der Waals surface area contributed by atoms with Gasteiger partial charge in [0.2, 0.25) is 0 Å². The van der Waals surface area contributed by atoms with Crippen molar-refractivity contribution < 1.29 is 23.0 Å². The zero-order chi connectivity index (χ0) is 26.0. The summed E-state index contributed by atoms with van der Waals surface area (Å²) in [4.78, 5) is 3.55. The highest BCUT2D eigenvalue weighted by molar-refractivity contribution is 7.90. The standard InChI is InChI=1S/C27H36N4O5S/c1-30(2)37(33,34)31-13-5-14-36-27-11-8-19(16-25(27)31)26(32)18-28-12-15-35-20-9-10-22-21-6-3-4-7-23(21)29-24(22)17-20/h8-11,16-17,26,28-29,32H,3-7,12-15,18H2,1-2H3/t26-/m0/s1. The van der Waals surface area contributed by atoms with Crippen molar-refractivity contribution in [1.82, 2.24) is 14.6 Å². The van der Waals surface area contributed by atoms with Crippen LogP contribution in [-0.4, -0.2) is 69.8 Å². The monoisotopic (exact) mass is 528 g/mol. The van der Waals surface area contributed by atoms with Gasteiger partial charge in [0.25, 0.3) is 0 Å². The molecule has 10 heteroatoms. The third-order valence-electron chi connectivity index (χ3n) is 7.09. The Bertz CT molecular complexity index is 1350. The lowest BCUT2D eigenvalue weighted by Crippen LogP contribution is -2.40. The third kappa shape index (κ3) is 5.43. The van der Waals surface area contributed by atoms with Crippen LogP contribution in [0.25, 0.3) is 10.9 Å². The molecule has 0 unspecified atom stereocenters. The van der Waals surface area contributed by atoms with Gasteiger partial charge >= 0.3 is 10.2 Å². The van der Waals surface area contributed by atoms with Crippen LogP contribution in [-0.2, 0) is 23.1 Å². The summed E-state index contributed by atoms with van der Waals surface area (Å²) in [5.74, 6) is 1.32. The Balaban J connectivity index is 1.17. The fourth-order valence-electron chi connectivity index (χ4n) is 5.09. The first-order chi connectivity index (χ1) is 17.8. The summed E-state index contributed by atoms with van der Waals surface area (Å²) in [6.45, 7) is 2.09. The summed E-state index contributed by atoms with van der Waals surface area (Å²) >= 11 is 0. The fourth-order valence-corrected chi connectivity index (χ4v) is 6.23. The van der Waals surface area contributed by atoms with Gasteiger partial charge in [0.1, 0.15) is 18.1 Å². The largest absolute Gasteiger partial charge is 0.492 e. The van der Waals surface area contributed by atoms with Gasteiger partial charge in [-0.2, -0.15) is 12.7 Å². The number of nitrogens with zero attached hydrogens (tertiary/aromatic N) is 2. The number of aromatic amines is 1. The molecule has 9 nitrogen and oxygen atoms in total. The van der Waals surface area contributed by atoms with E-state index < -0.39 is 16.3 Å².